The van der Waals surface area contributed by atoms with Gasteiger partial charge in [0.15, 0.2) is 5.78 Å². The molecule has 0 bridgehead atoms. The first-order valence-electron chi connectivity index (χ1n) is 5.94. The van der Waals surface area contributed by atoms with Gasteiger partial charge in [0.25, 0.3) is 0 Å². The molecule has 1 aromatic carbocycles. The van der Waals surface area contributed by atoms with Crippen molar-refractivity contribution < 1.29 is 14.6 Å². The molecular formula is C14H18O3S2. The Balaban J connectivity index is 2.53. The molecule has 0 aliphatic rings. The van der Waals surface area contributed by atoms with E-state index in [1.165, 1.54) is 13.8 Å². The van der Waals surface area contributed by atoms with Crippen molar-refractivity contribution >= 4 is 34.0 Å². The van der Waals surface area contributed by atoms with E-state index >= 15 is 0 Å². The largest absolute Gasteiger partial charge is 0.493 e. The van der Waals surface area contributed by atoms with Gasteiger partial charge in [0.05, 0.1) is 6.61 Å². The van der Waals surface area contributed by atoms with Crippen LogP contribution in [0.5, 0.6) is 5.75 Å². The minimum absolute atomic E-state index is 0.300. The predicted molar refractivity (Wildman–Crippen MR) is 83.3 cm³/mol. The average molecular weight is 298 g/mol. The summed E-state index contributed by atoms with van der Waals surface area (Å²) in [6.45, 7) is 5.41. The topological polar surface area (TPSA) is 46.5 Å². The van der Waals surface area contributed by atoms with E-state index in [-0.39, 0.29) is 5.78 Å². The molecule has 104 valence electrons. The second kappa shape index (κ2) is 7.03. The molecule has 0 atom stereocenters. The van der Waals surface area contributed by atoms with Crippen LogP contribution in [0.1, 0.15) is 31.1 Å². The van der Waals surface area contributed by atoms with Crippen molar-refractivity contribution in [1.29, 1.82) is 0 Å². The van der Waals surface area contributed by atoms with Crippen molar-refractivity contribution in [2.24, 2.45) is 0 Å². The normalized spacial score (nSPS) is 11.2. The van der Waals surface area contributed by atoms with E-state index < -0.39 is 5.60 Å². The van der Waals surface area contributed by atoms with Crippen LogP contribution in [0, 0.1) is 0 Å². The molecule has 0 aliphatic carbocycles. The molecule has 0 unspecified atom stereocenters. The summed E-state index contributed by atoms with van der Waals surface area (Å²) in [4.78, 5) is 11.8. The van der Waals surface area contributed by atoms with Gasteiger partial charge in [0.2, 0.25) is 0 Å². The second-order valence-corrected chi connectivity index (χ2v) is 6.78. The summed E-state index contributed by atoms with van der Waals surface area (Å²) >= 11 is 6.53. The van der Waals surface area contributed by atoms with Gasteiger partial charge in [-0.3, -0.25) is 4.79 Å². The lowest BCUT2D eigenvalue weighted by atomic mass is 9.97. The summed E-state index contributed by atoms with van der Waals surface area (Å²) in [6, 6.07) is 6.78. The van der Waals surface area contributed by atoms with Gasteiger partial charge in [-0.15, -0.1) is 11.8 Å². The van der Waals surface area contributed by atoms with E-state index in [9.17, 15) is 9.90 Å². The number of hydrogen-bond acceptors (Lipinski definition) is 5. The summed E-state index contributed by atoms with van der Waals surface area (Å²) in [5.41, 5.74) is -0.875. The highest BCUT2D eigenvalue weighted by molar-refractivity contribution is 8.23. The zero-order valence-corrected chi connectivity index (χ0v) is 12.9. The minimum atomic E-state index is -1.35. The molecule has 0 aliphatic heterocycles. The first-order chi connectivity index (χ1) is 8.80. The Kier molecular flexibility index (Phi) is 5.97. The van der Waals surface area contributed by atoms with Crippen LogP contribution in [-0.2, 0) is 0 Å². The van der Waals surface area contributed by atoms with Crippen molar-refractivity contribution in [2.75, 3.05) is 12.4 Å². The smallest absolute Gasteiger partial charge is 0.193 e. The molecule has 0 saturated carbocycles. The summed E-state index contributed by atoms with van der Waals surface area (Å²) < 4.78 is 6.42. The maximum Gasteiger partial charge on any atom is 0.193 e. The number of benzene rings is 1. The van der Waals surface area contributed by atoms with Gasteiger partial charge in [0.1, 0.15) is 11.4 Å². The number of ether oxygens (including phenoxy) is 1. The molecule has 1 N–H and O–H groups in total. The molecule has 5 heteroatoms. The molecule has 0 saturated heterocycles. The van der Waals surface area contributed by atoms with Crippen LogP contribution in [0.2, 0.25) is 0 Å². The highest BCUT2D eigenvalue weighted by atomic mass is 32.2. The quantitative estimate of drug-likeness (QED) is 0.497. The lowest BCUT2D eigenvalue weighted by Crippen LogP contribution is -2.30. The maximum absolute atomic E-state index is 11.8. The molecule has 0 fully saturated rings. The summed E-state index contributed by atoms with van der Waals surface area (Å²) in [5.74, 6) is 1.21. The third-order valence-corrected chi connectivity index (χ3v) is 3.46. The zero-order chi connectivity index (χ0) is 14.5. The summed E-state index contributed by atoms with van der Waals surface area (Å²) in [7, 11) is 0. The van der Waals surface area contributed by atoms with E-state index in [0.717, 1.165) is 9.95 Å². The zero-order valence-electron chi connectivity index (χ0n) is 11.3. The Morgan fingerprint density at radius 2 is 1.95 bits per heavy atom. The fraction of sp³-hybridized carbons (Fsp3) is 0.429. The van der Waals surface area contributed by atoms with E-state index in [0.29, 0.717) is 17.9 Å². The van der Waals surface area contributed by atoms with Crippen LogP contribution in [0.3, 0.4) is 0 Å². The van der Waals surface area contributed by atoms with Gasteiger partial charge >= 0.3 is 0 Å². The fourth-order valence-corrected chi connectivity index (χ4v) is 2.10. The number of Topliss-reactive ketones (excluding diaryl/α,β-unsaturated/α-hetero) is 1. The number of carbonyl (C=O) groups excluding carboxylic acids is 1. The van der Waals surface area contributed by atoms with E-state index in [2.05, 4.69) is 0 Å². The molecule has 0 heterocycles. The first kappa shape index (κ1) is 16.1. The number of thioether (sulfide) groups is 1. The monoisotopic (exact) mass is 298 g/mol. The van der Waals surface area contributed by atoms with E-state index in [4.69, 9.17) is 17.0 Å². The van der Waals surface area contributed by atoms with Gasteiger partial charge in [0, 0.05) is 15.5 Å². The minimum Gasteiger partial charge on any atom is -0.493 e. The van der Waals surface area contributed by atoms with E-state index in [1.54, 1.807) is 36.0 Å². The molecule has 0 amide bonds. The summed E-state index contributed by atoms with van der Waals surface area (Å²) in [5, 5.41) is 9.64. The SMILES string of the molecule is CC(=S)SCCOc1ccc(C(=O)C(C)(C)O)cc1. The van der Waals surface area contributed by atoms with Gasteiger partial charge < -0.3 is 9.84 Å². The predicted octanol–water partition coefficient (Wildman–Crippen LogP) is 3.10. The molecule has 1 aromatic rings. The van der Waals surface area contributed by atoms with Gasteiger partial charge in [-0.25, -0.2) is 0 Å². The van der Waals surface area contributed by atoms with Crippen LogP contribution >= 0.6 is 24.0 Å². The number of aliphatic hydroxyl groups is 1. The summed E-state index contributed by atoms with van der Waals surface area (Å²) in [6.07, 6.45) is 0. The van der Waals surface area contributed by atoms with Crippen molar-refractivity contribution in [1.82, 2.24) is 0 Å². The Hall–Kier alpha value is -0.910. The molecular weight excluding hydrogens is 280 g/mol. The highest BCUT2D eigenvalue weighted by Gasteiger charge is 2.24. The molecule has 1 rings (SSSR count). The lowest BCUT2D eigenvalue weighted by molar-refractivity contribution is 0.0488. The van der Waals surface area contributed by atoms with Crippen LogP contribution in [0.15, 0.2) is 24.3 Å². The molecule has 0 spiro atoms. The van der Waals surface area contributed by atoms with Crippen LogP contribution in [0.4, 0.5) is 0 Å². The third kappa shape index (κ3) is 5.72. The molecule has 0 radical (unpaired) electrons. The number of ketones is 1. The van der Waals surface area contributed by atoms with Crippen molar-refractivity contribution in [3.8, 4) is 5.75 Å². The van der Waals surface area contributed by atoms with Gasteiger partial charge in [-0.05, 0) is 45.0 Å². The first-order valence-corrected chi connectivity index (χ1v) is 7.33. The Labute approximate surface area is 123 Å². The molecule has 19 heavy (non-hydrogen) atoms. The number of rotatable bonds is 6. The fourth-order valence-electron chi connectivity index (χ4n) is 1.40. The van der Waals surface area contributed by atoms with Crippen LogP contribution in [-0.4, -0.2) is 33.0 Å². The highest BCUT2D eigenvalue weighted by Crippen LogP contribution is 2.17. The standard InChI is InChI=1S/C14H18O3S2/c1-10(18)19-9-8-17-12-6-4-11(5-7-12)13(15)14(2,3)16/h4-7,16H,8-9H2,1-3H3. The second-order valence-electron chi connectivity index (χ2n) is 4.60. The number of thiocarbonyl (C=S) groups is 1. The Bertz CT molecular complexity index is 447. The van der Waals surface area contributed by atoms with Crippen LogP contribution in [0.25, 0.3) is 0 Å². The number of carbonyl (C=O) groups is 1. The van der Waals surface area contributed by atoms with Crippen molar-refractivity contribution in [2.45, 2.75) is 26.4 Å². The Morgan fingerprint density at radius 3 is 2.42 bits per heavy atom. The van der Waals surface area contributed by atoms with Crippen molar-refractivity contribution in [3.63, 3.8) is 0 Å². The average Bonchev–Trinajstić information content (AvgIpc) is 2.33. The van der Waals surface area contributed by atoms with Crippen molar-refractivity contribution in [3.05, 3.63) is 29.8 Å². The third-order valence-electron chi connectivity index (χ3n) is 2.33. The lowest BCUT2D eigenvalue weighted by Gasteiger charge is -2.15. The van der Waals surface area contributed by atoms with Crippen LogP contribution < -0.4 is 4.74 Å². The Morgan fingerprint density at radius 1 is 1.37 bits per heavy atom. The maximum atomic E-state index is 11.8. The van der Waals surface area contributed by atoms with E-state index in [1.807, 2.05) is 6.92 Å². The molecule has 0 aromatic heterocycles. The van der Waals surface area contributed by atoms with Gasteiger partial charge in [-0.1, -0.05) is 12.2 Å². The van der Waals surface area contributed by atoms with Gasteiger partial charge in [-0.2, -0.15) is 0 Å². The number of hydrogen-bond donors (Lipinski definition) is 1. The molecule has 3 nitrogen and oxygen atoms in total.